The minimum absolute atomic E-state index is 0.274. The van der Waals surface area contributed by atoms with E-state index in [1.54, 1.807) is 0 Å². The van der Waals surface area contributed by atoms with Gasteiger partial charge in [0.15, 0.2) is 0 Å². The average Bonchev–Trinajstić information content (AvgIpc) is 1.68. The summed E-state index contributed by atoms with van der Waals surface area (Å²) in [6.45, 7) is 0. The van der Waals surface area contributed by atoms with Gasteiger partial charge in [0.05, 0.1) is 6.42 Å². The van der Waals surface area contributed by atoms with Crippen molar-refractivity contribution >= 4 is 12.2 Å². The fourth-order valence-corrected chi connectivity index (χ4v) is 0.117. The van der Waals surface area contributed by atoms with Gasteiger partial charge in [-0.2, -0.15) is 0 Å². The summed E-state index contributed by atoms with van der Waals surface area (Å²) >= 11 is 0. The SMILES string of the molecule is N=NC(=O)CC=O. The molecule has 0 spiro atoms. The Morgan fingerprint density at radius 3 is 2.57 bits per heavy atom. The highest BCUT2D eigenvalue weighted by Gasteiger charge is 1.91. The van der Waals surface area contributed by atoms with Gasteiger partial charge in [-0.1, -0.05) is 0 Å². The number of carbonyl (C=O) groups is 2. The highest BCUT2D eigenvalue weighted by Crippen LogP contribution is 1.75. The topological polar surface area (TPSA) is 70.3 Å². The molecule has 4 heteroatoms. The summed E-state index contributed by atoms with van der Waals surface area (Å²) in [7, 11) is 0. The standard InChI is InChI=1S/C3H4N2O2/c4-5-3(7)1-2-6/h2,4H,1H2. The van der Waals surface area contributed by atoms with Crippen LogP contribution in [0.1, 0.15) is 6.42 Å². The Balaban J connectivity index is 3.36. The Hall–Kier alpha value is -1.06. The fraction of sp³-hybridized carbons (Fsp3) is 0.333. The number of nitrogens with one attached hydrogen (secondary N) is 1. The summed E-state index contributed by atoms with van der Waals surface area (Å²) in [5.74, 6) is -0.699. The van der Waals surface area contributed by atoms with Gasteiger partial charge in [0, 0.05) is 0 Å². The van der Waals surface area contributed by atoms with Crippen LogP contribution in [0.25, 0.3) is 0 Å². The second-order valence-electron chi connectivity index (χ2n) is 0.876. The molecular formula is C3H4N2O2. The van der Waals surface area contributed by atoms with Crippen molar-refractivity contribution in [2.45, 2.75) is 6.42 Å². The smallest absolute Gasteiger partial charge is 0.271 e. The predicted octanol–water partition coefficient (Wildman–Crippen LogP) is 0.133. The molecule has 4 nitrogen and oxygen atoms in total. The van der Waals surface area contributed by atoms with Gasteiger partial charge >= 0.3 is 0 Å². The monoisotopic (exact) mass is 100 g/mol. The molecule has 38 valence electrons. The first-order valence-corrected chi connectivity index (χ1v) is 1.65. The third kappa shape index (κ3) is 2.75. The molecule has 0 aromatic carbocycles. The molecule has 0 unspecified atom stereocenters. The molecule has 0 aliphatic heterocycles. The molecule has 0 heterocycles. The first-order chi connectivity index (χ1) is 3.31. The number of carbonyl (C=O) groups excluding carboxylic acids is 2. The van der Waals surface area contributed by atoms with Gasteiger partial charge in [-0.25, -0.2) is 5.53 Å². The summed E-state index contributed by atoms with van der Waals surface area (Å²) in [6, 6.07) is 0. The molecule has 7 heavy (non-hydrogen) atoms. The number of aldehydes is 1. The number of rotatable bonds is 2. The van der Waals surface area contributed by atoms with Crippen LogP contribution in [0.15, 0.2) is 5.11 Å². The van der Waals surface area contributed by atoms with E-state index in [1.807, 2.05) is 0 Å². The normalized spacial score (nSPS) is 7.43. The van der Waals surface area contributed by atoms with Crippen LogP contribution in [-0.2, 0) is 9.59 Å². The molecule has 0 rings (SSSR count). The quantitative estimate of drug-likeness (QED) is 0.304. The van der Waals surface area contributed by atoms with Crippen molar-refractivity contribution in [3.63, 3.8) is 0 Å². The summed E-state index contributed by atoms with van der Waals surface area (Å²) in [5.41, 5.74) is 6.03. The van der Waals surface area contributed by atoms with E-state index >= 15 is 0 Å². The number of nitrogens with zero attached hydrogens (tertiary/aromatic N) is 1. The third-order valence-corrected chi connectivity index (χ3v) is 0.383. The molecule has 1 amide bonds. The predicted molar refractivity (Wildman–Crippen MR) is 20.8 cm³/mol. The van der Waals surface area contributed by atoms with E-state index in [1.165, 1.54) is 0 Å². The van der Waals surface area contributed by atoms with Gasteiger partial charge in [0.2, 0.25) is 0 Å². The lowest BCUT2D eigenvalue weighted by molar-refractivity contribution is -0.121. The van der Waals surface area contributed by atoms with Gasteiger partial charge in [-0.15, -0.1) is 5.11 Å². The van der Waals surface area contributed by atoms with E-state index in [0.29, 0.717) is 6.29 Å². The maximum absolute atomic E-state index is 9.83. The Kier molecular flexibility index (Phi) is 2.67. The van der Waals surface area contributed by atoms with Crippen molar-refractivity contribution in [1.82, 2.24) is 0 Å². The van der Waals surface area contributed by atoms with Gasteiger partial charge < -0.3 is 4.79 Å². The van der Waals surface area contributed by atoms with Crippen molar-refractivity contribution < 1.29 is 9.59 Å². The Morgan fingerprint density at radius 2 is 2.43 bits per heavy atom. The van der Waals surface area contributed by atoms with Crippen molar-refractivity contribution in [2.75, 3.05) is 0 Å². The average molecular weight is 100 g/mol. The van der Waals surface area contributed by atoms with Crippen LogP contribution in [0.5, 0.6) is 0 Å². The molecular weight excluding hydrogens is 96.0 g/mol. The van der Waals surface area contributed by atoms with E-state index in [0.717, 1.165) is 0 Å². The van der Waals surface area contributed by atoms with Crippen LogP contribution in [0.4, 0.5) is 0 Å². The van der Waals surface area contributed by atoms with Crippen molar-refractivity contribution in [3.05, 3.63) is 0 Å². The lowest BCUT2D eigenvalue weighted by Crippen LogP contribution is -1.89. The van der Waals surface area contributed by atoms with E-state index in [9.17, 15) is 9.59 Å². The van der Waals surface area contributed by atoms with Gasteiger partial charge in [0.1, 0.15) is 6.29 Å². The lowest BCUT2D eigenvalue weighted by Gasteiger charge is -1.73. The van der Waals surface area contributed by atoms with Crippen LogP contribution in [-0.4, -0.2) is 12.2 Å². The van der Waals surface area contributed by atoms with Crippen LogP contribution < -0.4 is 0 Å². The molecule has 0 bridgehead atoms. The maximum Gasteiger partial charge on any atom is 0.271 e. The van der Waals surface area contributed by atoms with Gasteiger partial charge in [-0.05, 0) is 0 Å². The molecule has 0 aromatic heterocycles. The van der Waals surface area contributed by atoms with E-state index in [2.05, 4.69) is 5.11 Å². The molecule has 0 saturated carbocycles. The zero-order valence-corrected chi connectivity index (χ0v) is 3.55. The maximum atomic E-state index is 9.83. The Bertz CT molecular complexity index is 99.1. The minimum Gasteiger partial charge on any atom is -0.303 e. The molecule has 0 saturated heterocycles. The Labute approximate surface area is 40.0 Å². The van der Waals surface area contributed by atoms with E-state index in [4.69, 9.17) is 5.53 Å². The van der Waals surface area contributed by atoms with Gasteiger partial charge in [0.25, 0.3) is 5.91 Å². The fourth-order valence-electron chi connectivity index (χ4n) is 0.117. The van der Waals surface area contributed by atoms with Crippen LogP contribution in [0.2, 0.25) is 0 Å². The van der Waals surface area contributed by atoms with Crippen molar-refractivity contribution in [3.8, 4) is 0 Å². The summed E-state index contributed by atoms with van der Waals surface area (Å²) in [4.78, 5) is 19.2. The first-order valence-electron chi connectivity index (χ1n) is 1.65. The first kappa shape index (κ1) is 5.94. The molecule has 0 aliphatic rings. The van der Waals surface area contributed by atoms with Gasteiger partial charge in [-0.3, -0.25) is 4.79 Å². The molecule has 0 fully saturated rings. The summed E-state index contributed by atoms with van der Waals surface area (Å²) in [5, 5.41) is 2.46. The van der Waals surface area contributed by atoms with Crippen molar-refractivity contribution in [2.24, 2.45) is 5.11 Å². The van der Waals surface area contributed by atoms with Crippen LogP contribution >= 0.6 is 0 Å². The zero-order valence-electron chi connectivity index (χ0n) is 3.55. The van der Waals surface area contributed by atoms with E-state index < -0.39 is 5.91 Å². The highest BCUT2D eigenvalue weighted by atomic mass is 16.2. The second-order valence-corrected chi connectivity index (χ2v) is 0.876. The van der Waals surface area contributed by atoms with E-state index in [-0.39, 0.29) is 6.42 Å². The lowest BCUT2D eigenvalue weighted by atomic mass is 10.5. The molecule has 1 N–H and O–H groups in total. The third-order valence-electron chi connectivity index (χ3n) is 0.383. The number of amides is 1. The largest absolute Gasteiger partial charge is 0.303 e. The zero-order chi connectivity index (χ0) is 5.70. The van der Waals surface area contributed by atoms with Crippen LogP contribution in [0.3, 0.4) is 0 Å². The molecule has 0 radical (unpaired) electrons. The number of hydrogen-bond donors (Lipinski definition) is 1. The summed E-state index contributed by atoms with van der Waals surface area (Å²) in [6.07, 6.45) is 0.143. The second kappa shape index (κ2) is 3.14. The molecule has 0 aromatic rings. The highest BCUT2D eigenvalue weighted by molar-refractivity contribution is 5.87. The van der Waals surface area contributed by atoms with Crippen molar-refractivity contribution in [1.29, 1.82) is 5.53 Å². The molecule has 0 atom stereocenters. The molecule has 0 aliphatic carbocycles. The van der Waals surface area contributed by atoms with Crippen LogP contribution in [0, 0.1) is 5.53 Å². The minimum atomic E-state index is -0.699. The number of hydrogen-bond acceptors (Lipinski definition) is 3. The summed E-state index contributed by atoms with van der Waals surface area (Å²) < 4.78 is 0. The Morgan fingerprint density at radius 1 is 1.86 bits per heavy atom.